The number of aromatic nitrogens is 1. The van der Waals surface area contributed by atoms with E-state index in [9.17, 15) is 0 Å². The van der Waals surface area contributed by atoms with E-state index in [1.54, 1.807) is 13.3 Å². The van der Waals surface area contributed by atoms with E-state index in [1.807, 2.05) is 24.4 Å². The first-order chi connectivity index (χ1) is 11.8. The van der Waals surface area contributed by atoms with E-state index in [2.05, 4.69) is 33.0 Å². The van der Waals surface area contributed by atoms with Gasteiger partial charge in [-0.1, -0.05) is 18.2 Å². The summed E-state index contributed by atoms with van der Waals surface area (Å²) in [6.45, 7) is 4.98. The van der Waals surface area contributed by atoms with Gasteiger partial charge in [-0.2, -0.15) is 0 Å². The number of rotatable bonds is 6. The van der Waals surface area contributed by atoms with Crippen molar-refractivity contribution < 1.29 is 4.74 Å². The van der Waals surface area contributed by atoms with Crippen molar-refractivity contribution in [2.24, 2.45) is 5.73 Å². The first kappa shape index (κ1) is 16.7. The minimum Gasteiger partial charge on any atom is -0.495 e. The van der Waals surface area contributed by atoms with E-state index in [0.717, 1.165) is 44.9 Å². The zero-order valence-corrected chi connectivity index (χ0v) is 14.3. The molecule has 128 valence electrons. The Kier molecular flexibility index (Phi) is 5.67. The summed E-state index contributed by atoms with van der Waals surface area (Å²) in [4.78, 5) is 9.00. The molecular formula is C19H26N4O. The summed E-state index contributed by atoms with van der Waals surface area (Å²) in [7, 11) is 1.73. The summed E-state index contributed by atoms with van der Waals surface area (Å²) in [6, 6.07) is 12.4. The Bertz CT molecular complexity index is 626. The Morgan fingerprint density at radius 2 is 1.92 bits per heavy atom. The number of nitrogens with zero attached hydrogens (tertiary/aromatic N) is 3. The van der Waals surface area contributed by atoms with Gasteiger partial charge in [0.15, 0.2) is 0 Å². The summed E-state index contributed by atoms with van der Waals surface area (Å²) in [6.07, 6.45) is 4.58. The van der Waals surface area contributed by atoms with Gasteiger partial charge in [-0.25, -0.2) is 0 Å². The Balaban J connectivity index is 1.50. The van der Waals surface area contributed by atoms with Crippen LogP contribution in [0.15, 0.2) is 48.8 Å². The number of anilines is 1. The Labute approximate surface area is 144 Å². The molecule has 1 saturated heterocycles. The number of nitrogens with two attached hydrogens (primary N) is 1. The molecule has 1 aliphatic rings. The lowest BCUT2D eigenvalue weighted by Gasteiger charge is -2.37. The number of ether oxygens (including phenoxy) is 1. The quantitative estimate of drug-likeness (QED) is 0.877. The predicted molar refractivity (Wildman–Crippen MR) is 97.6 cm³/mol. The van der Waals surface area contributed by atoms with E-state index >= 15 is 0 Å². The SMILES string of the molecule is COc1ccccc1N1CCN(C[C@H](N)Cc2cccnc2)CC1. The van der Waals surface area contributed by atoms with Gasteiger partial charge in [-0.15, -0.1) is 0 Å². The second kappa shape index (κ2) is 8.13. The Morgan fingerprint density at radius 1 is 1.12 bits per heavy atom. The van der Waals surface area contributed by atoms with Crippen molar-refractivity contribution in [3.63, 3.8) is 0 Å². The third-order valence-electron chi connectivity index (χ3n) is 4.51. The fourth-order valence-corrected chi connectivity index (χ4v) is 3.28. The van der Waals surface area contributed by atoms with Gasteiger partial charge >= 0.3 is 0 Å². The van der Waals surface area contributed by atoms with Crippen LogP contribution >= 0.6 is 0 Å². The molecule has 3 rings (SSSR count). The van der Waals surface area contributed by atoms with Crippen molar-refractivity contribution in [2.45, 2.75) is 12.5 Å². The van der Waals surface area contributed by atoms with Crippen molar-refractivity contribution in [1.29, 1.82) is 0 Å². The molecule has 0 saturated carbocycles. The zero-order valence-electron chi connectivity index (χ0n) is 14.3. The molecule has 1 aromatic heterocycles. The summed E-state index contributed by atoms with van der Waals surface area (Å²) in [5.74, 6) is 0.944. The number of hydrogen-bond donors (Lipinski definition) is 1. The van der Waals surface area contributed by atoms with E-state index in [0.29, 0.717) is 0 Å². The highest BCUT2D eigenvalue weighted by atomic mass is 16.5. The molecule has 0 aliphatic carbocycles. The molecule has 0 spiro atoms. The first-order valence-corrected chi connectivity index (χ1v) is 8.51. The topological polar surface area (TPSA) is 54.6 Å². The van der Waals surface area contributed by atoms with Crippen LogP contribution < -0.4 is 15.4 Å². The van der Waals surface area contributed by atoms with Crippen LogP contribution in [0.3, 0.4) is 0 Å². The number of benzene rings is 1. The highest BCUT2D eigenvalue weighted by Crippen LogP contribution is 2.28. The first-order valence-electron chi connectivity index (χ1n) is 8.51. The Hall–Kier alpha value is -2.11. The summed E-state index contributed by atoms with van der Waals surface area (Å²) in [5.41, 5.74) is 8.71. The second-order valence-corrected chi connectivity index (χ2v) is 6.28. The monoisotopic (exact) mass is 326 g/mol. The number of piperazine rings is 1. The van der Waals surface area contributed by atoms with Crippen LogP contribution in [0, 0.1) is 0 Å². The van der Waals surface area contributed by atoms with Crippen molar-refractivity contribution >= 4 is 5.69 Å². The summed E-state index contributed by atoms with van der Waals surface area (Å²) < 4.78 is 5.48. The average molecular weight is 326 g/mol. The van der Waals surface area contributed by atoms with Gasteiger partial charge in [0, 0.05) is 51.2 Å². The van der Waals surface area contributed by atoms with Crippen LogP contribution in [-0.2, 0) is 6.42 Å². The van der Waals surface area contributed by atoms with E-state index < -0.39 is 0 Å². The lowest BCUT2D eigenvalue weighted by atomic mass is 10.1. The lowest BCUT2D eigenvalue weighted by molar-refractivity contribution is 0.241. The minimum atomic E-state index is 0.145. The van der Waals surface area contributed by atoms with Crippen LogP contribution in [0.2, 0.25) is 0 Å². The minimum absolute atomic E-state index is 0.145. The molecule has 0 radical (unpaired) electrons. The van der Waals surface area contributed by atoms with Crippen molar-refractivity contribution in [3.05, 3.63) is 54.4 Å². The van der Waals surface area contributed by atoms with Crippen LogP contribution in [0.1, 0.15) is 5.56 Å². The maximum atomic E-state index is 6.32. The number of pyridine rings is 1. The molecule has 5 nitrogen and oxygen atoms in total. The molecule has 2 N–H and O–H groups in total. The highest BCUT2D eigenvalue weighted by molar-refractivity contribution is 5.58. The number of para-hydroxylation sites is 2. The van der Waals surface area contributed by atoms with Gasteiger partial charge in [-0.05, 0) is 30.2 Å². The molecule has 1 atom stereocenters. The van der Waals surface area contributed by atoms with Crippen LogP contribution in [-0.4, -0.2) is 55.8 Å². The van der Waals surface area contributed by atoms with Crippen LogP contribution in [0.5, 0.6) is 5.75 Å². The van der Waals surface area contributed by atoms with E-state index in [4.69, 9.17) is 10.5 Å². The molecule has 1 aromatic carbocycles. The average Bonchev–Trinajstić information content (AvgIpc) is 2.63. The van der Waals surface area contributed by atoms with E-state index in [1.165, 1.54) is 11.3 Å². The van der Waals surface area contributed by atoms with Crippen molar-refractivity contribution in [3.8, 4) is 5.75 Å². The molecule has 2 aromatic rings. The molecule has 5 heteroatoms. The molecule has 0 bridgehead atoms. The second-order valence-electron chi connectivity index (χ2n) is 6.28. The van der Waals surface area contributed by atoms with Crippen molar-refractivity contribution in [1.82, 2.24) is 9.88 Å². The maximum absolute atomic E-state index is 6.32. The normalized spacial score (nSPS) is 16.8. The van der Waals surface area contributed by atoms with Gasteiger partial charge in [0.1, 0.15) is 5.75 Å². The largest absolute Gasteiger partial charge is 0.495 e. The molecule has 2 heterocycles. The summed E-state index contributed by atoms with van der Waals surface area (Å²) >= 11 is 0. The van der Waals surface area contributed by atoms with Crippen LogP contribution in [0.4, 0.5) is 5.69 Å². The highest BCUT2D eigenvalue weighted by Gasteiger charge is 2.20. The third kappa shape index (κ3) is 4.24. The van der Waals surface area contributed by atoms with Crippen LogP contribution in [0.25, 0.3) is 0 Å². The van der Waals surface area contributed by atoms with Gasteiger partial charge in [0.25, 0.3) is 0 Å². The Morgan fingerprint density at radius 3 is 2.62 bits per heavy atom. The molecule has 1 fully saturated rings. The zero-order chi connectivity index (χ0) is 16.8. The molecule has 24 heavy (non-hydrogen) atoms. The fraction of sp³-hybridized carbons (Fsp3) is 0.421. The predicted octanol–water partition coefficient (Wildman–Crippen LogP) is 1.78. The maximum Gasteiger partial charge on any atom is 0.142 e. The molecule has 0 amide bonds. The third-order valence-corrected chi connectivity index (χ3v) is 4.51. The number of methoxy groups -OCH3 is 1. The molecular weight excluding hydrogens is 300 g/mol. The van der Waals surface area contributed by atoms with Gasteiger partial charge in [-0.3, -0.25) is 9.88 Å². The standard InChI is InChI=1S/C19H26N4O/c1-24-19-7-3-2-6-18(19)23-11-9-22(10-12-23)15-17(20)13-16-5-4-8-21-14-16/h2-8,14,17H,9-13,15,20H2,1H3/t17-/m1/s1. The fourth-order valence-electron chi connectivity index (χ4n) is 3.28. The van der Waals surface area contributed by atoms with Gasteiger partial charge < -0.3 is 15.4 Å². The molecule has 1 aliphatic heterocycles. The summed E-state index contributed by atoms with van der Waals surface area (Å²) in [5, 5.41) is 0. The van der Waals surface area contributed by atoms with Crippen molar-refractivity contribution in [2.75, 3.05) is 44.7 Å². The molecule has 0 unspecified atom stereocenters. The van der Waals surface area contributed by atoms with Gasteiger partial charge in [0.05, 0.1) is 12.8 Å². The van der Waals surface area contributed by atoms with E-state index in [-0.39, 0.29) is 6.04 Å². The smallest absolute Gasteiger partial charge is 0.142 e. The number of hydrogen-bond acceptors (Lipinski definition) is 5. The van der Waals surface area contributed by atoms with Gasteiger partial charge in [0.2, 0.25) is 0 Å². The lowest BCUT2D eigenvalue weighted by Crippen LogP contribution is -2.50.